The molecule has 0 aromatic heterocycles. The second-order valence-corrected chi connectivity index (χ2v) is 5.26. The van der Waals surface area contributed by atoms with Gasteiger partial charge in [0.1, 0.15) is 0 Å². The predicted octanol–water partition coefficient (Wildman–Crippen LogP) is 3.01. The van der Waals surface area contributed by atoms with E-state index in [4.69, 9.17) is 5.11 Å². The van der Waals surface area contributed by atoms with Crippen molar-refractivity contribution >= 4 is 0 Å². The average molecular weight is 260 g/mol. The Morgan fingerprint density at radius 3 is 1.61 bits per heavy atom. The van der Waals surface area contributed by atoms with E-state index in [1.807, 2.05) is 0 Å². The molecule has 0 aliphatic rings. The van der Waals surface area contributed by atoms with Crippen molar-refractivity contribution in [1.82, 2.24) is 0 Å². The lowest BCUT2D eigenvalue weighted by Crippen LogP contribution is -2.26. The standard InChI is InChI=1S/C15H32O3/c1-2-3-4-5-6-7-8-9-10-11-14(17)15(18)12-13-16/h14-18H,2-13H2,1H3. The highest BCUT2D eigenvalue weighted by Crippen LogP contribution is 2.13. The summed E-state index contributed by atoms with van der Waals surface area (Å²) in [5, 5.41) is 27.7. The van der Waals surface area contributed by atoms with Crippen LogP contribution in [0.15, 0.2) is 0 Å². The van der Waals surface area contributed by atoms with E-state index >= 15 is 0 Å². The van der Waals surface area contributed by atoms with Crippen LogP contribution in [-0.2, 0) is 0 Å². The van der Waals surface area contributed by atoms with Crippen LogP contribution in [0.2, 0.25) is 0 Å². The highest BCUT2D eigenvalue weighted by Gasteiger charge is 2.14. The zero-order valence-corrected chi connectivity index (χ0v) is 12.0. The van der Waals surface area contributed by atoms with E-state index in [1.165, 1.54) is 44.9 Å². The normalized spacial score (nSPS) is 14.7. The second-order valence-electron chi connectivity index (χ2n) is 5.26. The largest absolute Gasteiger partial charge is 0.396 e. The lowest BCUT2D eigenvalue weighted by molar-refractivity contribution is -0.000105. The molecule has 0 saturated heterocycles. The molecule has 0 aliphatic carbocycles. The lowest BCUT2D eigenvalue weighted by Gasteiger charge is -2.16. The van der Waals surface area contributed by atoms with Gasteiger partial charge < -0.3 is 15.3 Å². The van der Waals surface area contributed by atoms with Gasteiger partial charge in [-0.05, 0) is 12.8 Å². The summed E-state index contributed by atoms with van der Waals surface area (Å²) in [4.78, 5) is 0. The number of unbranched alkanes of at least 4 members (excludes halogenated alkanes) is 8. The van der Waals surface area contributed by atoms with Crippen molar-refractivity contribution in [1.29, 1.82) is 0 Å². The number of hydrogen-bond donors (Lipinski definition) is 3. The van der Waals surface area contributed by atoms with Crippen molar-refractivity contribution in [2.45, 2.75) is 89.8 Å². The smallest absolute Gasteiger partial charge is 0.0820 e. The fraction of sp³-hybridized carbons (Fsp3) is 1.00. The average Bonchev–Trinajstić information content (AvgIpc) is 2.36. The molecule has 0 rings (SSSR count). The molecule has 0 spiro atoms. The lowest BCUT2D eigenvalue weighted by atomic mass is 10.0. The van der Waals surface area contributed by atoms with Gasteiger partial charge in [-0.2, -0.15) is 0 Å². The Balaban J connectivity index is 3.19. The molecule has 0 heterocycles. The second kappa shape index (κ2) is 13.3. The third kappa shape index (κ3) is 11.0. The molecule has 3 heteroatoms. The number of hydrogen-bond acceptors (Lipinski definition) is 3. The first-order valence-electron chi connectivity index (χ1n) is 7.69. The summed E-state index contributed by atoms with van der Waals surface area (Å²) in [5.74, 6) is 0. The van der Waals surface area contributed by atoms with Crippen molar-refractivity contribution in [3.63, 3.8) is 0 Å². The molecular weight excluding hydrogens is 228 g/mol. The third-order valence-corrected chi connectivity index (χ3v) is 3.47. The first-order valence-corrected chi connectivity index (χ1v) is 7.69. The number of aliphatic hydroxyl groups excluding tert-OH is 3. The highest BCUT2D eigenvalue weighted by molar-refractivity contribution is 4.66. The van der Waals surface area contributed by atoms with Crippen LogP contribution in [0.3, 0.4) is 0 Å². The van der Waals surface area contributed by atoms with E-state index in [9.17, 15) is 10.2 Å². The molecule has 0 saturated carbocycles. The molecule has 3 N–H and O–H groups in total. The molecule has 110 valence electrons. The quantitative estimate of drug-likeness (QED) is 0.446. The van der Waals surface area contributed by atoms with E-state index in [0.717, 1.165) is 12.8 Å². The molecular formula is C15H32O3. The monoisotopic (exact) mass is 260 g/mol. The van der Waals surface area contributed by atoms with Crippen LogP contribution < -0.4 is 0 Å². The van der Waals surface area contributed by atoms with E-state index in [-0.39, 0.29) is 13.0 Å². The van der Waals surface area contributed by atoms with Gasteiger partial charge in [0.2, 0.25) is 0 Å². The summed E-state index contributed by atoms with van der Waals surface area (Å²) >= 11 is 0. The van der Waals surface area contributed by atoms with Gasteiger partial charge in [-0.25, -0.2) is 0 Å². The number of rotatable bonds is 13. The molecule has 0 aliphatic heterocycles. The van der Waals surface area contributed by atoms with E-state index in [2.05, 4.69) is 6.92 Å². The van der Waals surface area contributed by atoms with Crippen LogP contribution in [0.1, 0.15) is 77.6 Å². The Kier molecular flexibility index (Phi) is 13.2. The highest BCUT2D eigenvalue weighted by atomic mass is 16.3. The van der Waals surface area contributed by atoms with Crippen LogP contribution >= 0.6 is 0 Å². The predicted molar refractivity (Wildman–Crippen MR) is 75.6 cm³/mol. The van der Waals surface area contributed by atoms with Gasteiger partial charge >= 0.3 is 0 Å². The zero-order valence-electron chi connectivity index (χ0n) is 12.0. The molecule has 2 unspecified atom stereocenters. The van der Waals surface area contributed by atoms with Crippen LogP contribution in [0, 0.1) is 0 Å². The Hall–Kier alpha value is -0.120. The van der Waals surface area contributed by atoms with Crippen LogP contribution in [0.5, 0.6) is 0 Å². The third-order valence-electron chi connectivity index (χ3n) is 3.47. The van der Waals surface area contributed by atoms with Crippen molar-refractivity contribution in [3.05, 3.63) is 0 Å². The molecule has 0 aromatic carbocycles. The molecule has 3 nitrogen and oxygen atoms in total. The molecule has 0 bridgehead atoms. The maximum absolute atomic E-state index is 9.59. The van der Waals surface area contributed by atoms with E-state index in [0.29, 0.717) is 6.42 Å². The van der Waals surface area contributed by atoms with Gasteiger partial charge in [0.05, 0.1) is 12.2 Å². The Bertz CT molecular complexity index is 162. The Morgan fingerprint density at radius 1 is 0.667 bits per heavy atom. The zero-order chi connectivity index (χ0) is 13.6. The first-order chi connectivity index (χ1) is 8.72. The minimum absolute atomic E-state index is 0.0595. The maximum atomic E-state index is 9.59. The van der Waals surface area contributed by atoms with Crippen molar-refractivity contribution in [2.75, 3.05) is 6.61 Å². The minimum atomic E-state index is -0.760. The fourth-order valence-corrected chi connectivity index (χ4v) is 2.18. The molecule has 2 atom stereocenters. The minimum Gasteiger partial charge on any atom is -0.396 e. The van der Waals surface area contributed by atoms with Crippen LogP contribution in [-0.4, -0.2) is 34.1 Å². The fourth-order valence-electron chi connectivity index (χ4n) is 2.18. The maximum Gasteiger partial charge on any atom is 0.0820 e. The summed E-state index contributed by atoms with van der Waals surface area (Å²) in [6.07, 6.45) is 10.8. The number of aliphatic hydroxyl groups is 3. The van der Waals surface area contributed by atoms with Gasteiger partial charge in [-0.1, -0.05) is 64.7 Å². The summed E-state index contributed by atoms with van der Waals surface area (Å²) in [5.41, 5.74) is 0. The van der Waals surface area contributed by atoms with Gasteiger partial charge in [-0.15, -0.1) is 0 Å². The summed E-state index contributed by atoms with van der Waals surface area (Å²) in [7, 11) is 0. The van der Waals surface area contributed by atoms with Gasteiger partial charge in [0.25, 0.3) is 0 Å². The molecule has 18 heavy (non-hydrogen) atoms. The summed E-state index contributed by atoms with van der Waals surface area (Å²) in [6.45, 7) is 2.17. The molecule has 0 amide bonds. The molecule has 0 radical (unpaired) electrons. The molecule has 0 aromatic rings. The van der Waals surface area contributed by atoms with E-state index in [1.54, 1.807) is 0 Å². The Morgan fingerprint density at radius 2 is 1.11 bits per heavy atom. The van der Waals surface area contributed by atoms with Crippen LogP contribution in [0.4, 0.5) is 0 Å². The van der Waals surface area contributed by atoms with Crippen molar-refractivity contribution < 1.29 is 15.3 Å². The van der Waals surface area contributed by atoms with Crippen LogP contribution in [0.25, 0.3) is 0 Å². The van der Waals surface area contributed by atoms with Crippen molar-refractivity contribution in [2.24, 2.45) is 0 Å². The van der Waals surface area contributed by atoms with Gasteiger partial charge in [-0.3, -0.25) is 0 Å². The Labute approximate surface area is 112 Å². The molecule has 0 fully saturated rings. The summed E-state index contributed by atoms with van der Waals surface area (Å²) in [6, 6.07) is 0. The summed E-state index contributed by atoms with van der Waals surface area (Å²) < 4.78 is 0. The van der Waals surface area contributed by atoms with Gasteiger partial charge in [0.15, 0.2) is 0 Å². The van der Waals surface area contributed by atoms with Crippen molar-refractivity contribution in [3.8, 4) is 0 Å². The topological polar surface area (TPSA) is 60.7 Å². The first kappa shape index (κ1) is 17.9. The SMILES string of the molecule is CCCCCCCCCCCC(O)C(O)CCO. The van der Waals surface area contributed by atoms with Gasteiger partial charge in [0, 0.05) is 6.61 Å². The van der Waals surface area contributed by atoms with E-state index < -0.39 is 12.2 Å².